The Morgan fingerprint density at radius 3 is 2.42 bits per heavy atom. The number of hydroxylamine groups is 2. The molecule has 0 atom stereocenters. The average molecular weight is 172 g/mol. The number of nitrogens with two attached hydrogens (primary N) is 1. The van der Waals surface area contributed by atoms with Crippen LogP contribution in [0.2, 0.25) is 0 Å². The van der Waals surface area contributed by atoms with Gasteiger partial charge in [0.05, 0.1) is 6.61 Å². The third kappa shape index (κ3) is 2.02. The first-order valence-corrected chi connectivity index (χ1v) is 3.94. The van der Waals surface area contributed by atoms with Crippen LogP contribution in [-0.2, 0) is 14.4 Å². The molecule has 0 saturated carbocycles. The van der Waals surface area contributed by atoms with Crippen molar-refractivity contribution in [3.8, 4) is 0 Å². The van der Waals surface area contributed by atoms with Crippen LogP contribution in [0.1, 0.15) is 19.3 Å². The van der Waals surface area contributed by atoms with E-state index in [1.165, 1.54) is 0 Å². The van der Waals surface area contributed by atoms with E-state index in [0.717, 1.165) is 5.06 Å². The van der Waals surface area contributed by atoms with Crippen molar-refractivity contribution >= 4 is 11.8 Å². The van der Waals surface area contributed by atoms with Gasteiger partial charge < -0.3 is 5.73 Å². The summed E-state index contributed by atoms with van der Waals surface area (Å²) in [6, 6.07) is 0. The summed E-state index contributed by atoms with van der Waals surface area (Å²) in [5.74, 6) is -0.506. The van der Waals surface area contributed by atoms with Gasteiger partial charge in [-0.05, 0) is 13.0 Å². The first kappa shape index (κ1) is 9.15. The Hall–Kier alpha value is -0.940. The van der Waals surface area contributed by atoms with Gasteiger partial charge in [-0.3, -0.25) is 14.4 Å². The predicted molar refractivity (Wildman–Crippen MR) is 40.7 cm³/mol. The van der Waals surface area contributed by atoms with Crippen molar-refractivity contribution in [2.75, 3.05) is 13.2 Å². The molecule has 1 aliphatic heterocycles. The lowest BCUT2D eigenvalue weighted by atomic mass is 10.4. The number of carbonyl (C=O) groups excluding carboxylic acids is 2. The number of carbonyl (C=O) groups is 2. The highest BCUT2D eigenvalue weighted by atomic mass is 16.7. The van der Waals surface area contributed by atoms with Crippen molar-refractivity contribution in [2.45, 2.75) is 19.3 Å². The molecule has 0 aliphatic carbocycles. The van der Waals surface area contributed by atoms with Crippen LogP contribution in [0.25, 0.3) is 0 Å². The molecule has 5 nitrogen and oxygen atoms in total. The summed E-state index contributed by atoms with van der Waals surface area (Å²) in [5, 5.41) is 0.843. The van der Waals surface area contributed by atoms with E-state index in [1.807, 2.05) is 0 Å². The lowest BCUT2D eigenvalue weighted by Crippen LogP contribution is -2.30. The number of nitrogens with zero attached hydrogens (tertiary/aromatic N) is 1. The number of amides is 2. The molecule has 2 N–H and O–H groups in total. The van der Waals surface area contributed by atoms with Crippen molar-refractivity contribution < 1.29 is 14.4 Å². The maximum absolute atomic E-state index is 10.9. The second-order valence-corrected chi connectivity index (χ2v) is 2.56. The van der Waals surface area contributed by atoms with Gasteiger partial charge >= 0.3 is 0 Å². The molecule has 0 aromatic carbocycles. The standard InChI is InChI=1S/C7H12N2O3/c8-4-1-5-12-9-6(10)2-3-7(9)11/h1-5,8H2. The zero-order valence-corrected chi connectivity index (χ0v) is 6.78. The highest BCUT2D eigenvalue weighted by Gasteiger charge is 2.29. The number of hydrogen-bond donors (Lipinski definition) is 1. The molecule has 0 aromatic heterocycles. The highest BCUT2D eigenvalue weighted by Crippen LogP contribution is 2.11. The van der Waals surface area contributed by atoms with Gasteiger partial charge in [-0.15, -0.1) is 0 Å². The maximum Gasteiger partial charge on any atom is 0.253 e. The minimum Gasteiger partial charge on any atom is -0.330 e. The molecule has 5 heteroatoms. The molecule has 2 amide bonds. The largest absolute Gasteiger partial charge is 0.330 e. The van der Waals surface area contributed by atoms with Crippen LogP contribution in [0, 0.1) is 0 Å². The van der Waals surface area contributed by atoms with Crippen molar-refractivity contribution in [3.05, 3.63) is 0 Å². The topological polar surface area (TPSA) is 72.6 Å². The molecule has 1 saturated heterocycles. The van der Waals surface area contributed by atoms with E-state index in [1.54, 1.807) is 0 Å². The molecule has 0 unspecified atom stereocenters. The Kier molecular flexibility index (Phi) is 3.19. The first-order chi connectivity index (χ1) is 5.75. The van der Waals surface area contributed by atoms with Gasteiger partial charge in [-0.25, -0.2) is 0 Å². The normalized spacial score (nSPS) is 17.6. The van der Waals surface area contributed by atoms with Crippen LogP contribution in [0.3, 0.4) is 0 Å². The average Bonchev–Trinajstić information content (AvgIpc) is 2.35. The van der Waals surface area contributed by atoms with Crippen LogP contribution in [-0.4, -0.2) is 30.0 Å². The monoisotopic (exact) mass is 172 g/mol. The van der Waals surface area contributed by atoms with Gasteiger partial charge in [0.15, 0.2) is 0 Å². The number of hydrogen-bond acceptors (Lipinski definition) is 4. The quantitative estimate of drug-likeness (QED) is 0.454. The zero-order chi connectivity index (χ0) is 8.97. The maximum atomic E-state index is 10.9. The fourth-order valence-corrected chi connectivity index (χ4v) is 0.939. The third-order valence-corrected chi connectivity index (χ3v) is 1.57. The van der Waals surface area contributed by atoms with E-state index in [2.05, 4.69) is 0 Å². The Morgan fingerprint density at radius 1 is 1.33 bits per heavy atom. The Balaban J connectivity index is 2.30. The third-order valence-electron chi connectivity index (χ3n) is 1.57. The summed E-state index contributed by atoms with van der Waals surface area (Å²) >= 11 is 0. The van der Waals surface area contributed by atoms with E-state index in [4.69, 9.17) is 10.6 Å². The van der Waals surface area contributed by atoms with Crippen LogP contribution in [0.5, 0.6) is 0 Å². The van der Waals surface area contributed by atoms with E-state index < -0.39 is 0 Å². The summed E-state index contributed by atoms with van der Waals surface area (Å²) in [4.78, 5) is 26.8. The Bertz CT molecular complexity index is 177. The molecule has 68 valence electrons. The fraction of sp³-hybridized carbons (Fsp3) is 0.714. The van der Waals surface area contributed by atoms with Gasteiger partial charge in [0.25, 0.3) is 11.8 Å². The molecular formula is C7H12N2O3. The summed E-state index contributed by atoms with van der Waals surface area (Å²) in [5.41, 5.74) is 5.21. The first-order valence-electron chi connectivity index (χ1n) is 3.94. The van der Waals surface area contributed by atoms with Crippen LogP contribution >= 0.6 is 0 Å². The number of imide groups is 1. The second-order valence-electron chi connectivity index (χ2n) is 2.56. The van der Waals surface area contributed by atoms with Crippen LogP contribution in [0.15, 0.2) is 0 Å². The molecule has 0 spiro atoms. The van der Waals surface area contributed by atoms with Gasteiger partial charge in [-0.1, -0.05) is 0 Å². The van der Waals surface area contributed by atoms with E-state index in [9.17, 15) is 9.59 Å². The SMILES string of the molecule is NCCCON1C(=O)CCC1=O. The minimum atomic E-state index is -0.253. The van der Waals surface area contributed by atoms with Crippen molar-refractivity contribution in [3.63, 3.8) is 0 Å². The molecule has 0 bridgehead atoms. The molecule has 1 fully saturated rings. The molecule has 0 aromatic rings. The smallest absolute Gasteiger partial charge is 0.253 e. The van der Waals surface area contributed by atoms with E-state index >= 15 is 0 Å². The van der Waals surface area contributed by atoms with Crippen molar-refractivity contribution in [1.29, 1.82) is 0 Å². The summed E-state index contributed by atoms with van der Waals surface area (Å²) in [6.45, 7) is 0.824. The predicted octanol–water partition coefficient (Wildman–Crippen LogP) is -0.584. The summed E-state index contributed by atoms with van der Waals surface area (Å²) in [6.07, 6.45) is 1.18. The molecule has 0 radical (unpaired) electrons. The van der Waals surface area contributed by atoms with Crippen molar-refractivity contribution in [2.24, 2.45) is 5.73 Å². The molecule has 1 rings (SSSR count). The Labute approximate surface area is 70.4 Å². The molecule has 1 aliphatic rings. The number of rotatable bonds is 4. The van der Waals surface area contributed by atoms with Gasteiger partial charge in [0, 0.05) is 12.8 Å². The molecular weight excluding hydrogens is 160 g/mol. The van der Waals surface area contributed by atoms with E-state index in [-0.39, 0.29) is 24.7 Å². The molecule has 1 heterocycles. The minimum absolute atomic E-state index is 0.253. The molecule has 12 heavy (non-hydrogen) atoms. The zero-order valence-electron chi connectivity index (χ0n) is 6.78. The summed E-state index contributed by atoms with van der Waals surface area (Å²) < 4.78 is 0. The summed E-state index contributed by atoms with van der Waals surface area (Å²) in [7, 11) is 0. The van der Waals surface area contributed by atoms with Crippen LogP contribution < -0.4 is 5.73 Å². The van der Waals surface area contributed by atoms with Gasteiger partial charge in [0.2, 0.25) is 0 Å². The van der Waals surface area contributed by atoms with E-state index in [0.29, 0.717) is 19.6 Å². The second kappa shape index (κ2) is 4.18. The van der Waals surface area contributed by atoms with Crippen LogP contribution in [0.4, 0.5) is 0 Å². The van der Waals surface area contributed by atoms with Crippen molar-refractivity contribution in [1.82, 2.24) is 5.06 Å². The van der Waals surface area contributed by atoms with Gasteiger partial charge in [0.1, 0.15) is 0 Å². The lowest BCUT2D eigenvalue weighted by Gasteiger charge is -2.12. The Morgan fingerprint density at radius 2 is 1.92 bits per heavy atom. The van der Waals surface area contributed by atoms with Gasteiger partial charge in [-0.2, -0.15) is 5.06 Å². The lowest BCUT2D eigenvalue weighted by molar-refractivity contribution is -0.187. The fourth-order valence-electron chi connectivity index (χ4n) is 0.939. The highest BCUT2D eigenvalue weighted by molar-refractivity contribution is 6.00.